The van der Waals surface area contributed by atoms with E-state index in [-0.39, 0.29) is 18.2 Å². The quantitative estimate of drug-likeness (QED) is 0.768. The molecule has 1 aliphatic heterocycles. The predicted octanol–water partition coefficient (Wildman–Crippen LogP) is 4.13. The third-order valence-electron chi connectivity index (χ3n) is 4.15. The molecule has 2 heterocycles. The maximum absolute atomic E-state index is 12.5. The van der Waals surface area contributed by atoms with Crippen molar-refractivity contribution in [2.75, 3.05) is 0 Å². The van der Waals surface area contributed by atoms with Gasteiger partial charge in [-0.2, -0.15) is 0 Å². The van der Waals surface area contributed by atoms with Gasteiger partial charge in [-0.3, -0.25) is 4.79 Å². The molecule has 0 unspecified atom stereocenters. The van der Waals surface area contributed by atoms with Gasteiger partial charge in [0.25, 0.3) is 5.91 Å². The van der Waals surface area contributed by atoms with E-state index in [1.54, 1.807) is 6.07 Å². The number of fused-ring (bicyclic) bond motifs is 3. The van der Waals surface area contributed by atoms with Crippen LogP contribution in [0.1, 0.15) is 27.2 Å². The number of amides is 1. The molecule has 126 valence electrons. The van der Waals surface area contributed by atoms with Crippen molar-refractivity contribution < 1.29 is 14.1 Å². The van der Waals surface area contributed by atoms with Gasteiger partial charge in [0.2, 0.25) is 0 Å². The normalized spacial score (nSPS) is 12.1. The summed E-state index contributed by atoms with van der Waals surface area (Å²) in [7, 11) is 0. The Balaban J connectivity index is 1.59. The third-order valence-corrected chi connectivity index (χ3v) is 4.52. The Kier molecular flexibility index (Phi) is 3.93. The SMILES string of the molecule is Cc1ccc2c(c1)-c1onc(C(=O)NCc3ccccc3Cl)c1CO2. The zero-order valence-corrected chi connectivity index (χ0v) is 14.3. The highest BCUT2D eigenvalue weighted by molar-refractivity contribution is 6.31. The molecule has 4 rings (SSSR count). The van der Waals surface area contributed by atoms with Crippen LogP contribution in [0.2, 0.25) is 5.02 Å². The molecular formula is C19H15ClN2O3. The molecule has 0 saturated heterocycles. The molecule has 2 aromatic carbocycles. The van der Waals surface area contributed by atoms with Crippen LogP contribution in [0.25, 0.3) is 11.3 Å². The van der Waals surface area contributed by atoms with Crippen LogP contribution in [0, 0.1) is 6.92 Å². The first-order chi connectivity index (χ1) is 12.1. The number of hydrogen-bond donors (Lipinski definition) is 1. The second-order valence-corrected chi connectivity index (χ2v) is 6.31. The Hall–Kier alpha value is -2.79. The lowest BCUT2D eigenvalue weighted by molar-refractivity contribution is 0.0940. The van der Waals surface area contributed by atoms with Crippen LogP contribution in [-0.2, 0) is 13.2 Å². The van der Waals surface area contributed by atoms with E-state index < -0.39 is 0 Å². The number of nitrogens with zero attached hydrogens (tertiary/aromatic N) is 1. The second kappa shape index (κ2) is 6.26. The van der Waals surface area contributed by atoms with Gasteiger partial charge >= 0.3 is 0 Å². The summed E-state index contributed by atoms with van der Waals surface area (Å²) in [5.41, 5.74) is 3.64. The Labute approximate surface area is 149 Å². The molecule has 25 heavy (non-hydrogen) atoms. The molecule has 0 aliphatic carbocycles. The van der Waals surface area contributed by atoms with Gasteiger partial charge in [-0.1, -0.05) is 46.6 Å². The van der Waals surface area contributed by atoms with Crippen LogP contribution in [0.15, 0.2) is 47.0 Å². The first-order valence-electron chi connectivity index (χ1n) is 7.87. The molecule has 0 radical (unpaired) electrons. The lowest BCUT2D eigenvalue weighted by Crippen LogP contribution is -2.25. The number of nitrogens with one attached hydrogen (secondary N) is 1. The topological polar surface area (TPSA) is 64.4 Å². The van der Waals surface area contributed by atoms with Gasteiger partial charge in [-0.05, 0) is 30.7 Å². The molecule has 1 amide bonds. The van der Waals surface area contributed by atoms with E-state index in [1.165, 1.54) is 0 Å². The zero-order valence-electron chi connectivity index (χ0n) is 13.5. The van der Waals surface area contributed by atoms with Crippen molar-refractivity contribution >= 4 is 17.5 Å². The summed E-state index contributed by atoms with van der Waals surface area (Å²) < 4.78 is 11.2. The smallest absolute Gasteiger partial charge is 0.274 e. The average molecular weight is 355 g/mol. The summed E-state index contributed by atoms with van der Waals surface area (Å²) in [6.07, 6.45) is 0. The van der Waals surface area contributed by atoms with Crippen LogP contribution < -0.4 is 10.1 Å². The van der Waals surface area contributed by atoms with E-state index in [4.69, 9.17) is 20.9 Å². The third kappa shape index (κ3) is 2.87. The summed E-state index contributed by atoms with van der Waals surface area (Å²) >= 11 is 6.11. The predicted molar refractivity (Wildman–Crippen MR) is 93.6 cm³/mol. The van der Waals surface area contributed by atoms with Gasteiger partial charge in [0.05, 0.1) is 11.1 Å². The monoisotopic (exact) mass is 354 g/mol. The zero-order chi connectivity index (χ0) is 17.4. The van der Waals surface area contributed by atoms with Gasteiger partial charge in [0.15, 0.2) is 11.5 Å². The highest BCUT2D eigenvalue weighted by Gasteiger charge is 2.28. The van der Waals surface area contributed by atoms with E-state index in [1.807, 2.05) is 43.3 Å². The van der Waals surface area contributed by atoms with Crippen molar-refractivity contribution in [2.24, 2.45) is 0 Å². The minimum absolute atomic E-state index is 0.245. The van der Waals surface area contributed by atoms with Crippen LogP contribution in [-0.4, -0.2) is 11.1 Å². The van der Waals surface area contributed by atoms with E-state index >= 15 is 0 Å². The molecular weight excluding hydrogens is 340 g/mol. The standard InChI is InChI=1S/C19H15ClN2O3/c1-11-6-7-16-13(8-11)18-14(10-24-16)17(22-25-18)19(23)21-9-12-4-2-3-5-15(12)20/h2-8H,9-10H2,1H3,(H,21,23). The number of halogens is 1. The van der Waals surface area contributed by atoms with Crippen molar-refractivity contribution in [1.29, 1.82) is 0 Å². The molecule has 1 aromatic heterocycles. The highest BCUT2D eigenvalue weighted by atomic mass is 35.5. The van der Waals surface area contributed by atoms with Crippen molar-refractivity contribution in [2.45, 2.75) is 20.1 Å². The van der Waals surface area contributed by atoms with Gasteiger partial charge in [-0.15, -0.1) is 0 Å². The second-order valence-electron chi connectivity index (χ2n) is 5.90. The maximum atomic E-state index is 12.5. The Morgan fingerprint density at radius 1 is 1.28 bits per heavy atom. The number of aryl methyl sites for hydroxylation is 1. The largest absolute Gasteiger partial charge is 0.488 e. The lowest BCUT2D eigenvalue weighted by atomic mass is 10.0. The number of carbonyl (C=O) groups excluding carboxylic acids is 1. The number of ether oxygens (including phenoxy) is 1. The average Bonchev–Trinajstić information content (AvgIpc) is 3.05. The molecule has 3 aromatic rings. The first-order valence-corrected chi connectivity index (χ1v) is 8.25. The number of carbonyl (C=O) groups is 1. The molecule has 0 spiro atoms. The van der Waals surface area contributed by atoms with Gasteiger partial charge in [-0.25, -0.2) is 0 Å². The fourth-order valence-corrected chi connectivity index (χ4v) is 3.03. The number of hydrogen-bond acceptors (Lipinski definition) is 4. The Morgan fingerprint density at radius 3 is 2.96 bits per heavy atom. The van der Waals surface area contributed by atoms with Crippen molar-refractivity contribution in [3.63, 3.8) is 0 Å². The van der Waals surface area contributed by atoms with E-state index in [0.29, 0.717) is 22.9 Å². The molecule has 0 saturated carbocycles. The van der Waals surface area contributed by atoms with Crippen LogP contribution in [0.3, 0.4) is 0 Å². The molecule has 0 atom stereocenters. The van der Waals surface area contributed by atoms with E-state index in [2.05, 4.69) is 10.5 Å². The summed E-state index contributed by atoms with van der Waals surface area (Å²) in [6.45, 7) is 2.56. The lowest BCUT2D eigenvalue weighted by Gasteiger charge is -2.16. The van der Waals surface area contributed by atoms with E-state index in [9.17, 15) is 4.79 Å². The fourth-order valence-electron chi connectivity index (χ4n) is 2.83. The number of rotatable bonds is 3. The summed E-state index contributed by atoms with van der Waals surface area (Å²) in [6, 6.07) is 13.2. The van der Waals surface area contributed by atoms with Crippen molar-refractivity contribution in [3.8, 4) is 17.1 Å². The summed E-state index contributed by atoms with van der Waals surface area (Å²) in [5.74, 6) is 1.01. The van der Waals surface area contributed by atoms with Crippen molar-refractivity contribution in [3.05, 3.63) is 69.9 Å². The molecule has 0 bridgehead atoms. The summed E-state index contributed by atoms with van der Waals surface area (Å²) in [4.78, 5) is 12.5. The summed E-state index contributed by atoms with van der Waals surface area (Å²) in [5, 5.41) is 7.40. The van der Waals surface area contributed by atoms with Crippen molar-refractivity contribution in [1.82, 2.24) is 10.5 Å². The van der Waals surface area contributed by atoms with Gasteiger partial charge in [0, 0.05) is 11.6 Å². The van der Waals surface area contributed by atoms with Crippen LogP contribution in [0.5, 0.6) is 5.75 Å². The maximum Gasteiger partial charge on any atom is 0.274 e. The number of aromatic nitrogens is 1. The molecule has 1 aliphatic rings. The van der Waals surface area contributed by atoms with E-state index in [0.717, 1.165) is 22.4 Å². The van der Waals surface area contributed by atoms with Crippen LogP contribution >= 0.6 is 11.6 Å². The molecule has 0 fully saturated rings. The molecule has 5 nitrogen and oxygen atoms in total. The minimum atomic E-state index is -0.315. The molecule has 6 heteroatoms. The van der Waals surface area contributed by atoms with Gasteiger partial charge < -0.3 is 14.6 Å². The number of benzene rings is 2. The molecule has 1 N–H and O–H groups in total. The Bertz CT molecular complexity index is 965. The fraction of sp³-hybridized carbons (Fsp3) is 0.158. The Morgan fingerprint density at radius 2 is 2.12 bits per heavy atom. The van der Waals surface area contributed by atoms with Crippen LogP contribution in [0.4, 0.5) is 0 Å². The first kappa shape index (κ1) is 15.7. The minimum Gasteiger partial charge on any atom is -0.488 e. The van der Waals surface area contributed by atoms with Gasteiger partial charge in [0.1, 0.15) is 12.4 Å². The highest BCUT2D eigenvalue weighted by Crippen LogP contribution is 2.39.